The Hall–Kier alpha value is -1.88. The number of fused-ring (bicyclic) bond motifs is 2. The molecule has 2 aliphatic carbocycles. The maximum atomic E-state index is 13.1. The maximum Gasteiger partial charge on any atom is 0.416 e. The summed E-state index contributed by atoms with van der Waals surface area (Å²) in [5.74, 6) is 2.35. The van der Waals surface area contributed by atoms with Crippen molar-refractivity contribution in [3.63, 3.8) is 0 Å². The van der Waals surface area contributed by atoms with E-state index in [0.717, 1.165) is 29.9 Å². The summed E-state index contributed by atoms with van der Waals surface area (Å²) in [4.78, 5) is 0. The second-order valence-electron chi connectivity index (χ2n) is 9.67. The van der Waals surface area contributed by atoms with E-state index in [9.17, 15) is 13.2 Å². The van der Waals surface area contributed by atoms with Crippen LogP contribution < -0.4 is 11.1 Å². The van der Waals surface area contributed by atoms with Crippen molar-refractivity contribution in [2.75, 3.05) is 11.1 Å². The fraction of sp³-hybridized carbons (Fsp3) is 0.500. The molecule has 6 heteroatoms. The molecule has 0 radical (unpaired) electrons. The Bertz CT molecular complexity index is 923. The van der Waals surface area contributed by atoms with Crippen LogP contribution in [0.2, 0.25) is 5.02 Å². The summed E-state index contributed by atoms with van der Waals surface area (Å²) in [6.07, 6.45) is 1.82. The van der Waals surface area contributed by atoms with E-state index in [4.69, 9.17) is 17.3 Å². The van der Waals surface area contributed by atoms with Crippen LogP contribution in [0.5, 0.6) is 0 Å². The summed E-state index contributed by atoms with van der Waals surface area (Å²) < 4.78 is 39.2. The van der Waals surface area contributed by atoms with E-state index in [-0.39, 0.29) is 16.8 Å². The number of hydrogen-bond acceptors (Lipinski definition) is 2. The van der Waals surface area contributed by atoms with E-state index in [1.54, 1.807) is 0 Å². The zero-order chi connectivity index (χ0) is 21.7. The highest BCUT2D eigenvalue weighted by atomic mass is 35.5. The Morgan fingerprint density at radius 2 is 1.70 bits per heavy atom. The lowest BCUT2D eigenvalue weighted by Gasteiger charge is -2.47. The first kappa shape index (κ1) is 21.4. The number of alkyl halides is 3. The molecule has 0 spiro atoms. The van der Waals surface area contributed by atoms with Crippen molar-refractivity contribution in [1.82, 2.24) is 0 Å². The highest BCUT2D eigenvalue weighted by Crippen LogP contribution is 2.51. The van der Waals surface area contributed by atoms with Crippen molar-refractivity contribution in [3.8, 4) is 0 Å². The van der Waals surface area contributed by atoms with Crippen molar-refractivity contribution in [2.45, 2.75) is 57.5 Å². The monoisotopic (exact) mass is 436 g/mol. The van der Waals surface area contributed by atoms with E-state index < -0.39 is 11.7 Å². The Balaban J connectivity index is 1.57. The van der Waals surface area contributed by atoms with Gasteiger partial charge in [-0.25, -0.2) is 0 Å². The number of nitrogens with one attached hydrogen (secondary N) is 1. The summed E-state index contributed by atoms with van der Waals surface area (Å²) in [5, 5.41) is 3.51. The van der Waals surface area contributed by atoms with Crippen LogP contribution in [-0.2, 0) is 11.6 Å². The average Bonchev–Trinajstić information content (AvgIpc) is 2.61. The first-order chi connectivity index (χ1) is 14.0. The summed E-state index contributed by atoms with van der Waals surface area (Å²) in [6.45, 7) is 4.69. The topological polar surface area (TPSA) is 38.0 Å². The number of rotatable bonds is 3. The highest BCUT2D eigenvalue weighted by Gasteiger charge is 2.42. The summed E-state index contributed by atoms with van der Waals surface area (Å²) in [6, 6.07) is 9.36. The van der Waals surface area contributed by atoms with Crippen molar-refractivity contribution < 1.29 is 13.2 Å². The van der Waals surface area contributed by atoms with Gasteiger partial charge in [0.15, 0.2) is 0 Å². The van der Waals surface area contributed by atoms with Gasteiger partial charge in [0.1, 0.15) is 0 Å². The van der Waals surface area contributed by atoms with Gasteiger partial charge in [-0.1, -0.05) is 31.5 Å². The van der Waals surface area contributed by atoms with Gasteiger partial charge in [-0.15, -0.1) is 0 Å². The largest absolute Gasteiger partial charge is 0.416 e. The van der Waals surface area contributed by atoms with E-state index in [1.807, 2.05) is 12.1 Å². The fourth-order valence-electron chi connectivity index (χ4n) is 5.86. The molecular formula is C24H28ClF3N2. The van der Waals surface area contributed by atoms with Crippen LogP contribution in [0, 0.1) is 17.8 Å². The molecule has 2 bridgehead atoms. The van der Waals surface area contributed by atoms with Gasteiger partial charge >= 0.3 is 6.18 Å². The lowest BCUT2D eigenvalue weighted by atomic mass is 9.57. The quantitative estimate of drug-likeness (QED) is 0.482. The number of halogens is 4. The minimum Gasteiger partial charge on any atom is -0.399 e. The average molecular weight is 437 g/mol. The molecule has 162 valence electrons. The lowest BCUT2D eigenvalue weighted by molar-refractivity contribution is -0.137. The Morgan fingerprint density at radius 1 is 1.03 bits per heavy atom. The molecule has 2 aromatic carbocycles. The summed E-state index contributed by atoms with van der Waals surface area (Å²) in [7, 11) is 0. The van der Waals surface area contributed by atoms with Gasteiger partial charge in [-0.3, -0.25) is 0 Å². The molecule has 2 atom stereocenters. The summed E-state index contributed by atoms with van der Waals surface area (Å²) in [5.41, 5.74) is 7.09. The molecular weight excluding hydrogens is 409 g/mol. The molecule has 0 aliphatic heterocycles. The standard InChI is InChI=1S/C24H28ClF3N2/c1-14-5-15-7-16(6-14)13-23(2,12-15)17-3-4-22(21(25)10-17)30-20-9-18(24(26,27)28)8-19(29)11-20/h3-4,8-11,14-16,30H,5-7,12-13,29H2,1-2H3. The number of hydrogen-bond donors (Lipinski definition) is 2. The minimum atomic E-state index is -4.45. The second-order valence-corrected chi connectivity index (χ2v) is 10.1. The van der Waals surface area contributed by atoms with Crippen LogP contribution in [-0.4, -0.2) is 0 Å². The zero-order valence-electron chi connectivity index (χ0n) is 17.3. The third-order valence-corrected chi connectivity index (χ3v) is 7.16. The van der Waals surface area contributed by atoms with Gasteiger partial charge in [-0.05, 0) is 91.2 Å². The number of anilines is 3. The Labute approximate surface area is 181 Å². The first-order valence-electron chi connectivity index (χ1n) is 10.6. The lowest BCUT2D eigenvalue weighted by Crippen LogP contribution is -2.38. The zero-order valence-corrected chi connectivity index (χ0v) is 18.1. The van der Waals surface area contributed by atoms with Crippen molar-refractivity contribution >= 4 is 28.7 Å². The van der Waals surface area contributed by atoms with Gasteiger partial charge in [-0.2, -0.15) is 13.2 Å². The molecule has 0 heterocycles. The molecule has 0 saturated heterocycles. The predicted molar refractivity (Wildman–Crippen MR) is 117 cm³/mol. The van der Waals surface area contributed by atoms with E-state index in [2.05, 4.69) is 25.2 Å². The number of nitrogen functional groups attached to an aromatic ring is 1. The van der Waals surface area contributed by atoms with Gasteiger partial charge in [0.2, 0.25) is 0 Å². The van der Waals surface area contributed by atoms with Crippen molar-refractivity contribution in [1.29, 1.82) is 0 Å². The van der Waals surface area contributed by atoms with Gasteiger partial charge < -0.3 is 11.1 Å². The second kappa shape index (κ2) is 7.67. The van der Waals surface area contributed by atoms with Crippen molar-refractivity contribution in [2.24, 2.45) is 17.8 Å². The molecule has 2 saturated carbocycles. The third-order valence-electron chi connectivity index (χ3n) is 6.84. The fourth-order valence-corrected chi connectivity index (χ4v) is 6.09. The Morgan fingerprint density at radius 3 is 2.30 bits per heavy atom. The molecule has 0 aromatic heterocycles. The van der Waals surface area contributed by atoms with Crippen LogP contribution >= 0.6 is 11.6 Å². The van der Waals surface area contributed by atoms with Crippen LogP contribution in [0.25, 0.3) is 0 Å². The molecule has 3 N–H and O–H groups in total. The number of nitrogens with two attached hydrogens (primary N) is 1. The SMILES string of the molecule is CC1CC2CC(C1)CC(C)(c1ccc(Nc3cc(N)cc(C(F)(F)F)c3)c(Cl)c1)C2. The first-order valence-corrected chi connectivity index (χ1v) is 10.9. The smallest absolute Gasteiger partial charge is 0.399 e. The van der Waals surface area contributed by atoms with Crippen LogP contribution in [0.3, 0.4) is 0 Å². The van der Waals surface area contributed by atoms with E-state index in [0.29, 0.717) is 10.7 Å². The highest BCUT2D eigenvalue weighted by molar-refractivity contribution is 6.33. The maximum absolute atomic E-state index is 13.1. The van der Waals surface area contributed by atoms with Crippen LogP contribution in [0.1, 0.15) is 57.1 Å². The summed E-state index contributed by atoms with van der Waals surface area (Å²) >= 11 is 6.56. The van der Waals surface area contributed by atoms with Crippen LogP contribution in [0.4, 0.5) is 30.2 Å². The molecule has 2 unspecified atom stereocenters. The molecule has 0 amide bonds. The van der Waals surface area contributed by atoms with E-state index >= 15 is 0 Å². The molecule has 2 nitrogen and oxygen atoms in total. The van der Waals surface area contributed by atoms with Crippen molar-refractivity contribution in [3.05, 3.63) is 52.5 Å². The molecule has 2 fully saturated rings. The molecule has 30 heavy (non-hydrogen) atoms. The third kappa shape index (κ3) is 4.41. The Kier molecular flexibility index (Phi) is 5.46. The molecule has 4 rings (SSSR count). The van der Waals surface area contributed by atoms with Crippen LogP contribution in [0.15, 0.2) is 36.4 Å². The number of benzene rings is 2. The van der Waals surface area contributed by atoms with E-state index in [1.165, 1.54) is 43.7 Å². The predicted octanol–water partition coefficient (Wildman–Crippen LogP) is 7.79. The molecule has 2 aliphatic rings. The molecule has 2 aromatic rings. The normalized spacial score (nSPS) is 28.9. The minimum absolute atomic E-state index is 0.0514. The van der Waals surface area contributed by atoms with Gasteiger partial charge in [0.05, 0.1) is 16.3 Å². The van der Waals surface area contributed by atoms with Gasteiger partial charge in [0, 0.05) is 11.4 Å². The van der Waals surface area contributed by atoms with Gasteiger partial charge in [0.25, 0.3) is 0 Å².